The number of amides is 1. The first kappa shape index (κ1) is 20.4. The van der Waals surface area contributed by atoms with Gasteiger partial charge in [-0.05, 0) is 11.6 Å². The minimum absolute atomic E-state index is 0.118. The fourth-order valence-corrected chi connectivity index (χ4v) is 3.42. The highest BCUT2D eigenvalue weighted by Crippen LogP contribution is 2.29. The third kappa shape index (κ3) is 5.55. The van der Waals surface area contributed by atoms with Gasteiger partial charge in [-0.1, -0.05) is 44.2 Å². The van der Waals surface area contributed by atoms with E-state index in [-0.39, 0.29) is 23.0 Å². The minimum atomic E-state index is -1.06. The average molecular weight is 388 g/mol. The molecule has 2 aromatic carbocycles. The van der Waals surface area contributed by atoms with Crippen molar-refractivity contribution in [2.45, 2.75) is 29.9 Å². The summed E-state index contributed by atoms with van der Waals surface area (Å²) in [4.78, 5) is 35.3. The number of non-ortho nitro benzene ring substituents is 1. The summed E-state index contributed by atoms with van der Waals surface area (Å²) in [5, 5.41) is 23.3. The van der Waals surface area contributed by atoms with E-state index in [0.29, 0.717) is 10.5 Å². The third-order valence-corrected chi connectivity index (χ3v) is 4.83. The van der Waals surface area contributed by atoms with Crippen molar-refractivity contribution in [1.82, 2.24) is 5.32 Å². The van der Waals surface area contributed by atoms with E-state index in [2.05, 4.69) is 5.32 Å². The molecule has 1 unspecified atom stereocenters. The number of nitrogens with one attached hydrogen (secondary N) is 1. The molecule has 1 atom stereocenters. The molecule has 0 saturated carbocycles. The molecule has 0 saturated heterocycles. The smallest absolute Gasteiger partial charge is 0.312 e. The molecule has 7 nitrogen and oxygen atoms in total. The Bertz CT molecular complexity index is 839. The van der Waals surface area contributed by atoms with Crippen molar-refractivity contribution in [3.05, 3.63) is 69.8 Å². The number of nitrogens with zero attached hydrogens (tertiary/aromatic N) is 1. The van der Waals surface area contributed by atoms with Gasteiger partial charge in [0, 0.05) is 28.8 Å². The summed E-state index contributed by atoms with van der Waals surface area (Å²) in [5.74, 6) is -2.50. The van der Waals surface area contributed by atoms with Crippen LogP contribution < -0.4 is 5.32 Å². The summed E-state index contributed by atoms with van der Waals surface area (Å²) < 4.78 is 0. The number of carboxylic acids is 1. The van der Waals surface area contributed by atoms with Crippen LogP contribution in [0.25, 0.3) is 0 Å². The molecule has 0 aliphatic rings. The van der Waals surface area contributed by atoms with Gasteiger partial charge in [-0.2, -0.15) is 0 Å². The van der Waals surface area contributed by atoms with Crippen LogP contribution in [-0.2, 0) is 4.79 Å². The SMILES string of the molecule is CC(C)Sc1ccc([N+](=O)[O-])cc1C(=O)NCC(C(=O)O)c1ccccc1. The van der Waals surface area contributed by atoms with E-state index < -0.39 is 22.7 Å². The lowest BCUT2D eigenvalue weighted by Crippen LogP contribution is -2.32. The van der Waals surface area contributed by atoms with Crippen molar-refractivity contribution in [3.63, 3.8) is 0 Å². The van der Waals surface area contributed by atoms with Crippen LogP contribution in [0.15, 0.2) is 53.4 Å². The van der Waals surface area contributed by atoms with Crippen LogP contribution in [0.2, 0.25) is 0 Å². The van der Waals surface area contributed by atoms with Crippen LogP contribution in [0, 0.1) is 10.1 Å². The highest BCUT2D eigenvalue weighted by Gasteiger charge is 2.23. The van der Waals surface area contributed by atoms with Crippen LogP contribution >= 0.6 is 11.8 Å². The molecule has 142 valence electrons. The number of thioether (sulfide) groups is 1. The van der Waals surface area contributed by atoms with Gasteiger partial charge in [-0.3, -0.25) is 19.7 Å². The highest BCUT2D eigenvalue weighted by molar-refractivity contribution is 8.00. The van der Waals surface area contributed by atoms with E-state index in [0.717, 1.165) is 0 Å². The van der Waals surface area contributed by atoms with Crippen molar-refractivity contribution in [2.75, 3.05) is 6.54 Å². The van der Waals surface area contributed by atoms with Gasteiger partial charge in [0.05, 0.1) is 16.4 Å². The predicted octanol–water partition coefficient (Wildman–Crippen LogP) is 3.69. The van der Waals surface area contributed by atoms with Crippen LogP contribution in [0.5, 0.6) is 0 Å². The molecule has 2 rings (SSSR count). The van der Waals surface area contributed by atoms with E-state index in [1.54, 1.807) is 36.4 Å². The first-order valence-corrected chi connectivity index (χ1v) is 9.18. The normalized spacial score (nSPS) is 11.8. The van der Waals surface area contributed by atoms with Gasteiger partial charge >= 0.3 is 5.97 Å². The van der Waals surface area contributed by atoms with Gasteiger partial charge in [0.15, 0.2) is 0 Å². The average Bonchev–Trinajstić information content (AvgIpc) is 2.62. The zero-order valence-corrected chi connectivity index (χ0v) is 15.7. The molecular weight excluding hydrogens is 368 g/mol. The quantitative estimate of drug-likeness (QED) is 0.405. The Labute approximate surface area is 160 Å². The second-order valence-corrected chi connectivity index (χ2v) is 7.73. The molecule has 8 heteroatoms. The van der Waals surface area contributed by atoms with E-state index in [1.807, 2.05) is 13.8 Å². The van der Waals surface area contributed by atoms with E-state index in [9.17, 15) is 24.8 Å². The molecule has 1 amide bonds. The van der Waals surface area contributed by atoms with Gasteiger partial charge in [-0.25, -0.2) is 0 Å². The van der Waals surface area contributed by atoms with Gasteiger partial charge in [0.2, 0.25) is 0 Å². The number of carboxylic acid groups (broad SMARTS) is 1. The van der Waals surface area contributed by atoms with Crippen molar-refractivity contribution in [2.24, 2.45) is 0 Å². The number of rotatable bonds is 8. The molecule has 0 aliphatic heterocycles. The molecule has 2 N–H and O–H groups in total. The molecule has 2 aromatic rings. The Balaban J connectivity index is 2.24. The van der Waals surface area contributed by atoms with Crippen molar-refractivity contribution >= 4 is 29.3 Å². The number of carbonyl (C=O) groups is 2. The molecule has 0 radical (unpaired) electrons. The van der Waals surface area contributed by atoms with Crippen LogP contribution in [0.1, 0.15) is 35.7 Å². The van der Waals surface area contributed by atoms with Crippen LogP contribution in [-0.4, -0.2) is 33.7 Å². The lowest BCUT2D eigenvalue weighted by atomic mass is 9.99. The maximum Gasteiger partial charge on any atom is 0.312 e. The Hall–Kier alpha value is -2.87. The lowest BCUT2D eigenvalue weighted by Gasteiger charge is -2.15. The summed E-state index contributed by atoms with van der Waals surface area (Å²) in [6.07, 6.45) is 0. The van der Waals surface area contributed by atoms with E-state index >= 15 is 0 Å². The lowest BCUT2D eigenvalue weighted by molar-refractivity contribution is -0.384. The van der Waals surface area contributed by atoms with Gasteiger partial charge < -0.3 is 10.4 Å². The molecular formula is C19H20N2O5S. The Kier molecular flexibility index (Phi) is 6.95. The third-order valence-electron chi connectivity index (χ3n) is 3.75. The molecule has 0 bridgehead atoms. The number of carbonyl (C=O) groups excluding carboxylic acids is 1. The number of benzene rings is 2. The standard InChI is InChI=1S/C19H20N2O5S/c1-12(2)27-17-9-8-14(21(25)26)10-15(17)18(22)20-11-16(19(23)24)13-6-4-3-5-7-13/h3-10,12,16H,11H2,1-2H3,(H,20,22)(H,23,24). The summed E-state index contributed by atoms with van der Waals surface area (Å²) >= 11 is 1.41. The molecule has 0 aliphatic carbocycles. The zero-order chi connectivity index (χ0) is 20.0. The van der Waals surface area contributed by atoms with Gasteiger partial charge in [0.1, 0.15) is 0 Å². The molecule has 0 heterocycles. The summed E-state index contributed by atoms with van der Waals surface area (Å²) in [5.41, 5.74) is 0.548. The molecule has 27 heavy (non-hydrogen) atoms. The first-order valence-electron chi connectivity index (χ1n) is 8.30. The topological polar surface area (TPSA) is 110 Å². The Morgan fingerprint density at radius 3 is 2.41 bits per heavy atom. The monoisotopic (exact) mass is 388 g/mol. The predicted molar refractivity (Wildman–Crippen MR) is 103 cm³/mol. The molecule has 0 spiro atoms. The van der Waals surface area contributed by atoms with Crippen LogP contribution in [0.3, 0.4) is 0 Å². The van der Waals surface area contributed by atoms with E-state index in [4.69, 9.17) is 0 Å². The highest BCUT2D eigenvalue weighted by atomic mass is 32.2. The zero-order valence-electron chi connectivity index (χ0n) is 14.9. The van der Waals surface area contributed by atoms with Crippen molar-refractivity contribution in [3.8, 4) is 0 Å². The maximum absolute atomic E-state index is 12.6. The number of hydrogen-bond acceptors (Lipinski definition) is 5. The van der Waals surface area contributed by atoms with E-state index in [1.165, 1.54) is 23.9 Å². The largest absolute Gasteiger partial charge is 0.481 e. The minimum Gasteiger partial charge on any atom is -0.481 e. The molecule has 0 aromatic heterocycles. The van der Waals surface area contributed by atoms with Gasteiger partial charge in [-0.15, -0.1) is 11.8 Å². The fourth-order valence-electron chi connectivity index (χ4n) is 2.49. The van der Waals surface area contributed by atoms with Crippen molar-refractivity contribution in [1.29, 1.82) is 0 Å². The van der Waals surface area contributed by atoms with Gasteiger partial charge in [0.25, 0.3) is 11.6 Å². The Morgan fingerprint density at radius 2 is 1.85 bits per heavy atom. The number of nitro benzene ring substituents is 1. The number of aliphatic carboxylic acids is 1. The molecule has 0 fully saturated rings. The maximum atomic E-state index is 12.6. The second kappa shape index (κ2) is 9.18. The Morgan fingerprint density at radius 1 is 1.19 bits per heavy atom. The first-order chi connectivity index (χ1) is 12.8. The summed E-state index contributed by atoms with van der Waals surface area (Å²) in [7, 11) is 0. The number of nitro groups is 1. The van der Waals surface area contributed by atoms with Crippen molar-refractivity contribution < 1.29 is 19.6 Å². The fraction of sp³-hybridized carbons (Fsp3) is 0.263. The second-order valence-electron chi connectivity index (χ2n) is 6.12. The van der Waals surface area contributed by atoms with Crippen LogP contribution in [0.4, 0.5) is 5.69 Å². The number of hydrogen-bond donors (Lipinski definition) is 2. The summed E-state index contributed by atoms with van der Waals surface area (Å²) in [6.45, 7) is 3.78. The summed E-state index contributed by atoms with van der Waals surface area (Å²) in [6, 6.07) is 12.7.